The molecule has 0 amide bonds. The van der Waals surface area contributed by atoms with Crippen molar-refractivity contribution in [2.75, 3.05) is 0 Å². The number of hydrogen-bond donors (Lipinski definition) is 1. The number of halogens is 3. The van der Waals surface area contributed by atoms with Gasteiger partial charge in [0.2, 0.25) is 0 Å². The number of thiazole rings is 1. The summed E-state index contributed by atoms with van der Waals surface area (Å²) in [4.78, 5) is 4.21. The molecule has 1 aromatic heterocycles. The molecule has 6 heteroatoms. The van der Waals surface area contributed by atoms with Gasteiger partial charge in [-0.15, -0.1) is 11.3 Å². The van der Waals surface area contributed by atoms with Crippen molar-refractivity contribution in [1.82, 2.24) is 4.98 Å². The predicted octanol–water partition coefficient (Wildman–Crippen LogP) is 4.69. The van der Waals surface area contributed by atoms with E-state index in [4.69, 9.17) is 0 Å². The Morgan fingerprint density at radius 2 is 1.85 bits per heavy atom. The third-order valence-corrected chi connectivity index (χ3v) is 3.89. The van der Waals surface area contributed by atoms with Crippen LogP contribution in [0.25, 0.3) is 20.8 Å². The molecule has 0 atom stereocenters. The molecule has 3 rings (SSSR count). The average Bonchev–Trinajstić information content (AvgIpc) is 2.80. The van der Waals surface area contributed by atoms with E-state index in [-0.39, 0.29) is 5.75 Å². The zero-order valence-corrected chi connectivity index (χ0v) is 10.8. The average molecular weight is 295 g/mol. The smallest absolute Gasteiger partial charge is 0.416 e. The van der Waals surface area contributed by atoms with Crippen LogP contribution in [0.2, 0.25) is 0 Å². The van der Waals surface area contributed by atoms with Gasteiger partial charge in [-0.05, 0) is 30.3 Å². The number of benzene rings is 2. The predicted molar refractivity (Wildman–Crippen MR) is 71.7 cm³/mol. The van der Waals surface area contributed by atoms with Gasteiger partial charge in [0.1, 0.15) is 10.8 Å². The Balaban J connectivity index is 2.11. The third kappa shape index (κ3) is 2.34. The lowest BCUT2D eigenvalue weighted by Gasteiger charge is -2.04. The molecular formula is C14H8F3NOS. The molecule has 0 aliphatic heterocycles. The number of alkyl halides is 3. The van der Waals surface area contributed by atoms with Crippen molar-refractivity contribution in [2.45, 2.75) is 6.18 Å². The SMILES string of the molecule is Oc1cccc(-c2nc3cc(C(F)(F)F)ccc3s2)c1. The van der Waals surface area contributed by atoms with Crippen LogP contribution in [-0.4, -0.2) is 10.1 Å². The van der Waals surface area contributed by atoms with E-state index in [9.17, 15) is 18.3 Å². The number of aromatic nitrogens is 1. The fourth-order valence-electron chi connectivity index (χ4n) is 1.87. The van der Waals surface area contributed by atoms with Crippen molar-refractivity contribution < 1.29 is 18.3 Å². The van der Waals surface area contributed by atoms with E-state index in [2.05, 4.69) is 4.98 Å². The minimum atomic E-state index is -4.37. The minimum Gasteiger partial charge on any atom is -0.508 e. The van der Waals surface area contributed by atoms with Gasteiger partial charge in [0, 0.05) is 5.56 Å². The molecule has 0 saturated carbocycles. The molecule has 1 N–H and O–H groups in total. The van der Waals surface area contributed by atoms with Crippen LogP contribution in [0.5, 0.6) is 5.75 Å². The maximum atomic E-state index is 12.6. The van der Waals surface area contributed by atoms with Gasteiger partial charge in [0.25, 0.3) is 0 Å². The molecule has 2 aromatic carbocycles. The Morgan fingerprint density at radius 1 is 1.05 bits per heavy atom. The van der Waals surface area contributed by atoms with Gasteiger partial charge in [-0.2, -0.15) is 13.2 Å². The second kappa shape index (κ2) is 4.49. The molecule has 1 heterocycles. The summed E-state index contributed by atoms with van der Waals surface area (Å²) in [7, 11) is 0. The lowest BCUT2D eigenvalue weighted by Crippen LogP contribution is -2.03. The first-order valence-electron chi connectivity index (χ1n) is 5.71. The van der Waals surface area contributed by atoms with E-state index in [1.54, 1.807) is 12.1 Å². The highest BCUT2D eigenvalue weighted by Crippen LogP contribution is 2.35. The molecule has 0 spiro atoms. The highest BCUT2D eigenvalue weighted by Gasteiger charge is 2.30. The Labute approximate surface area is 116 Å². The lowest BCUT2D eigenvalue weighted by atomic mass is 10.2. The van der Waals surface area contributed by atoms with Crippen molar-refractivity contribution in [1.29, 1.82) is 0 Å². The fourth-order valence-corrected chi connectivity index (χ4v) is 2.81. The standard InChI is InChI=1S/C14H8F3NOS/c15-14(16,17)9-4-5-12-11(7-9)18-13(20-12)8-2-1-3-10(19)6-8/h1-7,19H. The summed E-state index contributed by atoms with van der Waals surface area (Å²) < 4.78 is 38.6. The summed E-state index contributed by atoms with van der Waals surface area (Å²) in [6.45, 7) is 0. The number of hydrogen-bond acceptors (Lipinski definition) is 3. The van der Waals surface area contributed by atoms with Crippen molar-refractivity contribution in [3.8, 4) is 16.3 Å². The molecule has 0 bridgehead atoms. The number of rotatable bonds is 1. The third-order valence-electron chi connectivity index (χ3n) is 2.81. The molecule has 0 aliphatic carbocycles. The van der Waals surface area contributed by atoms with E-state index >= 15 is 0 Å². The van der Waals surface area contributed by atoms with Crippen LogP contribution in [0, 0.1) is 0 Å². The number of nitrogens with zero attached hydrogens (tertiary/aromatic N) is 1. The minimum absolute atomic E-state index is 0.0951. The zero-order valence-electron chi connectivity index (χ0n) is 9.98. The van der Waals surface area contributed by atoms with Gasteiger partial charge in [-0.3, -0.25) is 0 Å². The Bertz CT molecular complexity index is 779. The molecule has 0 saturated heterocycles. The first kappa shape index (κ1) is 12.9. The number of fused-ring (bicyclic) bond motifs is 1. The van der Waals surface area contributed by atoms with Crippen molar-refractivity contribution in [2.24, 2.45) is 0 Å². The highest BCUT2D eigenvalue weighted by atomic mass is 32.1. The molecule has 102 valence electrons. The molecule has 0 fully saturated rings. The summed E-state index contributed by atoms with van der Waals surface area (Å²) >= 11 is 1.29. The summed E-state index contributed by atoms with van der Waals surface area (Å²) in [6, 6.07) is 9.98. The normalized spacial score (nSPS) is 11.9. The monoisotopic (exact) mass is 295 g/mol. The molecule has 0 aliphatic rings. The van der Waals surface area contributed by atoms with Crippen LogP contribution in [0.4, 0.5) is 13.2 Å². The van der Waals surface area contributed by atoms with Gasteiger partial charge in [0.05, 0.1) is 15.8 Å². The van der Waals surface area contributed by atoms with E-state index in [0.29, 0.717) is 20.8 Å². The van der Waals surface area contributed by atoms with Crippen LogP contribution in [0.15, 0.2) is 42.5 Å². The molecule has 2 nitrogen and oxygen atoms in total. The summed E-state index contributed by atoms with van der Waals surface area (Å²) in [5, 5.41) is 10.0. The van der Waals surface area contributed by atoms with Crippen LogP contribution < -0.4 is 0 Å². The fraction of sp³-hybridized carbons (Fsp3) is 0.0714. The highest BCUT2D eigenvalue weighted by molar-refractivity contribution is 7.21. The van der Waals surface area contributed by atoms with Crippen LogP contribution in [0.3, 0.4) is 0 Å². The molecule has 20 heavy (non-hydrogen) atoms. The van der Waals surface area contributed by atoms with Crippen molar-refractivity contribution >= 4 is 21.6 Å². The molecular weight excluding hydrogens is 287 g/mol. The van der Waals surface area contributed by atoms with Gasteiger partial charge in [-0.1, -0.05) is 12.1 Å². The first-order chi connectivity index (χ1) is 9.43. The number of aromatic hydroxyl groups is 1. The van der Waals surface area contributed by atoms with Gasteiger partial charge >= 0.3 is 6.18 Å². The van der Waals surface area contributed by atoms with Crippen LogP contribution >= 0.6 is 11.3 Å². The first-order valence-corrected chi connectivity index (χ1v) is 6.52. The number of phenolic OH excluding ortho intramolecular Hbond substituents is 1. The summed E-state index contributed by atoms with van der Waals surface area (Å²) in [5.74, 6) is 0.0951. The van der Waals surface area contributed by atoms with E-state index in [1.807, 2.05) is 0 Å². The summed E-state index contributed by atoms with van der Waals surface area (Å²) in [6.07, 6.45) is -4.37. The zero-order chi connectivity index (χ0) is 14.3. The molecule has 0 radical (unpaired) electrons. The van der Waals surface area contributed by atoms with Crippen LogP contribution in [-0.2, 0) is 6.18 Å². The Kier molecular flexibility index (Phi) is 2.90. The van der Waals surface area contributed by atoms with Gasteiger partial charge in [0.15, 0.2) is 0 Å². The van der Waals surface area contributed by atoms with Crippen molar-refractivity contribution in [3.63, 3.8) is 0 Å². The quantitative estimate of drug-likeness (QED) is 0.706. The molecule has 0 unspecified atom stereocenters. The topological polar surface area (TPSA) is 33.1 Å². The lowest BCUT2D eigenvalue weighted by molar-refractivity contribution is -0.137. The van der Waals surface area contributed by atoms with Gasteiger partial charge < -0.3 is 5.11 Å². The maximum absolute atomic E-state index is 12.6. The van der Waals surface area contributed by atoms with E-state index < -0.39 is 11.7 Å². The van der Waals surface area contributed by atoms with Gasteiger partial charge in [-0.25, -0.2) is 4.98 Å². The second-order valence-corrected chi connectivity index (χ2v) is 5.28. The number of phenols is 1. The largest absolute Gasteiger partial charge is 0.508 e. The Morgan fingerprint density at radius 3 is 2.55 bits per heavy atom. The Hall–Kier alpha value is -2.08. The van der Waals surface area contributed by atoms with Crippen molar-refractivity contribution in [3.05, 3.63) is 48.0 Å². The van der Waals surface area contributed by atoms with Crippen LogP contribution in [0.1, 0.15) is 5.56 Å². The van der Waals surface area contributed by atoms with E-state index in [0.717, 1.165) is 12.1 Å². The second-order valence-electron chi connectivity index (χ2n) is 4.25. The molecule has 3 aromatic rings. The summed E-state index contributed by atoms with van der Waals surface area (Å²) in [5.41, 5.74) is 0.278. The van der Waals surface area contributed by atoms with E-state index in [1.165, 1.54) is 29.5 Å². The maximum Gasteiger partial charge on any atom is 0.416 e.